The van der Waals surface area contributed by atoms with Gasteiger partial charge in [0.25, 0.3) is 0 Å². The molecule has 0 aliphatic rings. The Balaban J connectivity index is 1.99. The Bertz CT molecular complexity index is 812. The van der Waals surface area contributed by atoms with Crippen molar-refractivity contribution in [3.63, 3.8) is 0 Å². The first-order valence-electron chi connectivity index (χ1n) is 7.33. The molecule has 0 unspecified atom stereocenters. The molecule has 0 amide bonds. The van der Waals surface area contributed by atoms with Gasteiger partial charge in [-0.15, -0.1) is 0 Å². The van der Waals surface area contributed by atoms with Crippen LogP contribution in [-0.4, -0.2) is 7.11 Å². The fraction of sp³-hybridized carbons (Fsp3) is 0.100. The molecule has 0 aromatic heterocycles. The number of hydrogen-bond donors (Lipinski definition) is 0. The van der Waals surface area contributed by atoms with E-state index in [1.54, 1.807) is 19.2 Å². The minimum absolute atomic E-state index is 0.222. The zero-order valence-corrected chi connectivity index (χ0v) is 13.5. The smallest absolute Gasteiger partial charge is 0.126 e. The average Bonchev–Trinajstić information content (AvgIpc) is 2.57. The van der Waals surface area contributed by atoms with Gasteiger partial charge in [0.1, 0.15) is 11.6 Å². The van der Waals surface area contributed by atoms with Crippen molar-refractivity contribution in [3.05, 3.63) is 88.7 Å². The molecule has 0 aliphatic carbocycles. The monoisotopic (exact) mass is 326 g/mol. The van der Waals surface area contributed by atoms with Crippen LogP contribution in [0.15, 0.2) is 66.7 Å². The molecule has 3 aromatic carbocycles. The maximum Gasteiger partial charge on any atom is 0.126 e. The number of halogens is 2. The van der Waals surface area contributed by atoms with E-state index in [2.05, 4.69) is 6.07 Å². The Morgan fingerprint density at radius 3 is 2.26 bits per heavy atom. The first kappa shape index (κ1) is 15.6. The summed E-state index contributed by atoms with van der Waals surface area (Å²) in [6.45, 7) is 0. The standard InChI is InChI=1S/C20H16ClFO/c1-23-20-11-8-15(12-14-6-9-16(22)10-7-14)13-18(20)17-4-2-3-5-19(17)21/h2-11,13H,12H2,1H3. The van der Waals surface area contributed by atoms with E-state index in [-0.39, 0.29) is 5.82 Å². The van der Waals surface area contributed by atoms with Gasteiger partial charge in [0, 0.05) is 16.1 Å². The van der Waals surface area contributed by atoms with Crippen LogP contribution in [0.3, 0.4) is 0 Å². The molecule has 23 heavy (non-hydrogen) atoms. The number of methoxy groups -OCH3 is 1. The minimum Gasteiger partial charge on any atom is -0.496 e. The van der Waals surface area contributed by atoms with E-state index in [1.807, 2.05) is 36.4 Å². The van der Waals surface area contributed by atoms with E-state index < -0.39 is 0 Å². The van der Waals surface area contributed by atoms with E-state index >= 15 is 0 Å². The number of ether oxygens (including phenoxy) is 1. The van der Waals surface area contributed by atoms with Crippen LogP contribution in [0.5, 0.6) is 5.75 Å². The van der Waals surface area contributed by atoms with Crippen molar-refractivity contribution < 1.29 is 9.13 Å². The topological polar surface area (TPSA) is 9.23 Å². The summed E-state index contributed by atoms with van der Waals surface area (Å²) in [4.78, 5) is 0. The quantitative estimate of drug-likeness (QED) is 0.593. The number of rotatable bonds is 4. The van der Waals surface area contributed by atoms with E-state index in [1.165, 1.54) is 12.1 Å². The van der Waals surface area contributed by atoms with Gasteiger partial charge in [-0.25, -0.2) is 4.39 Å². The molecule has 0 saturated carbocycles. The van der Waals surface area contributed by atoms with E-state index in [0.29, 0.717) is 5.02 Å². The van der Waals surface area contributed by atoms with Crippen molar-refractivity contribution in [1.82, 2.24) is 0 Å². The predicted molar refractivity (Wildman–Crippen MR) is 92.6 cm³/mol. The molecule has 0 atom stereocenters. The number of benzene rings is 3. The zero-order chi connectivity index (χ0) is 16.2. The third-order valence-corrected chi connectivity index (χ3v) is 4.08. The lowest BCUT2D eigenvalue weighted by Crippen LogP contribution is -1.93. The Morgan fingerprint density at radius 2 is 1.57 bits per heavy atom. The molecule has 3 heteroatoms. The summed E-state index contributed by atoms with van der Waals surface area (Å²) in [6, 6.07) is 20.3. The van der Waals surface area contributed by atoms with Crippen molar-refractivity contribution in [2.75, 3.05) is 7.11 Å². The van der Waals surface area contributed by atoms with Crippen LogP contribution < -0.4 is 4.74 Å². The third-order valence-electron chi connectivity index (χ3n) is 3.75. The lowest BCUT2D eigenvalue weighted by atomic mass is 9.98. The molecule has 3 rings (SSSR count). The summed E-state index contributed by atoms with van der Waals surface area (Å²) in [5.41, 5.74) is 4.07. The van der Waals surface area contributed by atoms with Gasteiger partial charge in [-0.2, -0.15) is 0 Å². The Kier molecular flexibility index (Phi) is 4.63. The van der Waals surface area contributed by atoms with Crippen LogP contribution >= 0.6 is 11.6 Å². The highest BCUT2D eigenvalue weighted by atomic mass is 35.5. The number of hydrogen-bond acceptors (Lipinski definition) is 1. The van der Waals surface area contributed by atoms with Crippen molar-refractivity contribution in [3.8, 4) is 16.9 Å². The van der Waals surface area contributed by atoms with E-state index in [0.717, 1.165) is 34.4 Å². The second-order valence-electron chi connectivity index (χ2n) is 5.32. The van der Waals surface area contributed by atoms with Crippen LogP contribution in [0, 0.1) is 5.82 Å². The fourth-order valence-corrected chi connectivity index (χ4v) is 2.83. The Labute approximate surface area is 140 Å². The molecule has 116 valence electrons. The zero-order valence-electron chi connectivity index (χ0n) is 12.7. The van der Waals surface area contributed by atoms with Crippen LogP contribution in [0.4, 0.5) is 4.39 Å². The van der Waals surface area contributed by atoms with Gasteiger partial charge in [0.05, 0.1) is 7.11 Å². The minimum atomic E-state index is -0.222. The van der Waals surface area contributed by atoms with Crippen LogP contribution in [-0.2, 0) is 6.42 Å². The molecule has 0 bridgehead atoms. The largest absolute Gasteiger partial charge is 0.496 e. The highest BCUT2D eigenvalue weighted by molar-refractivity contribution is 6.33. The van der Waals surface area contributed by atoms with Crippen LogP contribution in [0.1, 0.15) is 11.1 Å². The van der Waals surface area contributed by atoms with E-state index in [9.17, 15) is 4.39 Å². The first-order chi connectivity index (χ1) is 11.2. The fourth-order valence-electron chi connectivity index (χ4n) is 2.59. The molecule has 0 spiro atoms. The molecular weight excluding hydrogens is 311 g/mol. The maximum atomic E-state index is 13.0. The van der Waals surface area contributed by atoms with Gasteiger partial charge in [-0.05, 0) is 47.9 Å². The van der Waals surface area contributed by atoms with Gasteiger partial charge < -0.3 is 4.74 Å². The lowest BCUT2D eigenvalue weighted by Gasteiger charge is -2.12. The molecule has 0 heterocycles. The molecule has 0 saturated heterocycles. The molecule has 0 N–H and O–H groups in total. The first-order valence-corrected chi connectivity index (χ1v) is 7.71. The molecule has 0 radical (unpaired) electrons. The molecule has 3 aromatic rings. The van der Waals surface area contributed by atoms with Crippen LogP contribution in [0.2, 0.25) is 5.02 Å². The summed E-state index contributed by atoms with van der Waals surface area (Å²) in [5, 5.41) is 0.685. The van der Waals surface area contributed by atoms with Gasteiger partial charge in [0.2, 0.25) is 0 Å². The summed E-state index contributed by atoms with van der Waals surface area (Å²) < 4.78 is 18.5. The van der Waals surface area contributed by atoms with Crippen molar-refractivity contribution in [1.29, 1.82) is 0 Å². The summed E-state index contributed by atoms with van der Waals surface area (Å²) in [7, 11) is 1.65. The van der Waals surface area contributed by atoms with E-state index in [4.69, 9.17) is 16.3 Å². The van der Waals surface area contributed by atoms with Crippen LogP contribution in [0.25, 0.3) is 11.1 Å². The molecule has 1 nitrogen and oxygen atoms in total. The maximum absolute atomic E-state index is 13.0. The van der Waals surface area contributed by atoms with Crippen molar-refractivity contribution >= 4 is 11.6 Å². The molecule has 0 aliphatic heterocycles. The summed E-state index contributed by atoms with van der Waals surface area (Å²) in [6.07, 6.45) is 0.724. The predicted octanol–water partition coefficient (Wildman–Crippen LogP) is 5.75. The lowest BCUT2D eigenvalue weighted by molar-refractivity contribution is 0.416. The molecule has 0 fully saturated rings. The average molecular weight is 327 g/mol. The SMILES string of the molecule is COc1ccc(Cc2ccc(F)cc2)cc1-c1ccccc1Cl. The second-order valence-corrected chi connectivity index (χ2v) is 5.72. The van der Waals surface area contributed by atoms with Gasteiger partial charge >= 0.3 is 0 Å². The van der Waals surface area contributed by atoms with Gasteiger partial charge in [-0.1, -0.05) is 48.0 Å². The normalized spacial score (nSPS) is 10.6. The highest BCUT2D eigenvalue weighted by Crippen LogP contribution is 2.35. The summed E-state index contributed by atoms with van der Waals surface area (Å²) in [5.74, 6) is 0.557. The van der Waals surface area contributed by atoms with Crippen molar-refractivity contribution in [2.24, 2.45) is 0 Å². The van der Waals surface area contributed by atoms with Crippen molar-refractivity contribution in [2.45, 2.75) is 6.42 Å². The third kappa shape index (κ3) is 3.54. The van der Waals surface area contributed by atoms with Gasteiger partial charge in [-0.3, -0.25) is 0 Å². The Hall–Kier alpha value is -2.32. The van der Waals surface area contributed by atoms with Gasteiger partial charge in [0.15, 0.2) is 0 Å². The molecular formula is C20H16ClFO. The Morgan fingerprint density at radius 1 is 0.870 bits per heavy atom. The second kappa shape index (κ2) is 6.84. The highest BCUT2D eigenvalue weighted by Gasteiger charge is 2.10. The summed E-state index contributed by atoms with van der Waals surface area (Å²) >= 11 is 6.32.